The van der Waals surface area contributed by atoms with Crippen LogP contribution in [0.4, 0.5) is 5.69 Å². The van der Waals surface area contributed by atoms with E-state index in [0.29, 0.717) is 32.6 Å². The molecular weight excluding hydrogens is 498 g/mol. The molecule has 2 aromatic rings. The number of halogens is 2. The highest BCUT2D eigenvalue weighted by Gasteiger charge is 2.38. The Bertz CT molecular complexity index is 1120. The Morgan fingerprint density at radius 2 is 1.90 bits per heavy atom. The highest BCUT2D eigenvalue weighted by Crippen LogP contribution is 2.44. The molecule has 2 aromatic carbocycles. The van der Waals surface area contributed by atoms with E-state index in [-0.39, 0.29) is 17.4 Å². The van der Waals surface area contributed by atoms with Crippen molar-refractivity contribution in [1.82, 2.24) is 0 Å². The summed E-state index contributed by atoms with van der Waals surface area (Å²) in [6, 6.07) is 16.7. The number of amides is 1. The van der Waals surface area contributed by atoms with Gasteiger partial charge in [-0.25, -0.2) is 4.99 Å². The number of allylic oxidation sites excluding steroid dienone is 1. The number of benzene rings is 2. The van der Waals surface area contributed by atoms with Gasteiger partial charge in [-0.3, -0.25) is 9.59 Å². The number of carbonyl (C=O) groups excluding carboxylic acids is 2. The fourth-order valence-electron chi connectivity index (χ4n) is 3.51. The number of thioether (sulfide) groups is 1. The van der Waals surface area contributed by atoms with Gasteiger partial charge in [0.15, 0.2) is 0 Å². The molecule has 31 heavy (non-hydrogen) atoms. The first-order valence-electron chi connectivity index (χ1n) is 9.44. The number of anilines is 1. The number of nitriles is 1. The Morgan fingerprint density at radius 3 is 2.52 bits per heavy atom. The van der Waals surface area contributed by atoms with Crippen molar-refractivity contribution in [2.45, 2.75) is 19.8 Å². The molecule has 1 aliphatic heterocycles. The van der Waals surface area contributed by atoms with Crippen LogP contribution >= 0.6 is 39.3 Å². The number of Topliss-reactive ketones (excluding diaryl/α,β-unsaturated/α-hetero) is 1. The molecule has 0 radical (unpaired) electrons. The topological polar surface area (TPSA) is 82.3 Å². The first-order valence-corrected chi connectivity index (χ1v) is 11.6. The van der Waals surface area contributed by atoms with Gasteiger partial charge in [-0.1, -0.05) is 57.5 Å². The fourth-order valence-corrected chi connectivity index (χ4v) is 4.91. The summed E-state index contributed by atoms with van der Waals surface area (Å²) in [5, 5.41) is 13.7. The van der Waals surface area contributed by atoms with Crippen molar-refractivity contribution in [3.8, 4) is 6.07 Å². The minimum absolute atomic E-state index is 0.0767. The van der Waals surface area contributed by atoms with E-state index in [0.717, 1.165) is 4.47 Å². The summed E-state index contributed by atoms with van der Waals surface area (Å²) in [5.41, 5.74) is 2.33. The molecule has 0 aromatic heterocycles. The molecule has 1 unspecified atom stereocenters. The first kappa shape index (κ1) is 23.3. The van der Waals surface area contributed by atoms with Crippen LogP contribution < -0.4 is 5.32 Å². The van der Waals surface area contributed by atoms with Gasteiger partial charge in [0.05, 0.1) is 23.3 Å². The summed E-state index contributed by atoms with van der Waals surface area (Å²) in [7, 11) is 0. The van der Waals surface area contributed by atoms with E-state index in [4.69, 9.17) is 11.6 Å². The number of rotatable bonds is 6. The maximum atomic E-state index is 12.4. The number of hydrogen-bond acceptors (Lipinski definition) is 5. The summed E-state index contributed by atoms with van der Waals surface area (Å²) >= 11 is 11.0. The highest BCUT2D eigenvalue weighted by atomic mass is 79.9. The van der Waals surface area contributed by atoms with Crippen molar-refractivity contribution in [2.24, 2.45) is 10.9 Å². The third kappa shape index (κ3) is 5.45. The number of hydrogen-bond donors (Lipinski definition) is 1. The smallest absolute Gasteiger partial charge is 0.234 e. The Morgan fingerprint density at radius 1 is 1.23 bits per heavy atom. The van der Waals surface area contributed by atoms with Crippen molar-refractivity contribution in [1.29, 1.82) is 5.26 Å². The normalized spacial score (nSPS) is 18.2. The summed E-state index contributed by atoms with van der Waals surface area (Å²) in [6.07, 6.45) is 0. The van der Waals surface area contributed by atoms with Crippen LogP contribution in [0.15, 0.2) is 68.6 Å². The summed E-state index contributed by atoms with van der Waals surface area (Å²) in [6.45, 7) is 3.26. The van der Waals surface area contributed by atoms with Gasteiger partial charge in [0.25, 0.3) is 0 Å². The third-order valence-electron chi connectivity index (χ3n) is 4.87. The molecule has 2 atom stereocenters. The van der Waals surface area contributed by atoms with E-state index < -0.39 is 11.8 Å². The number of carbonyl (C=O) groups is 2. The quantitative estimate of drug-likeness (QED) is 0.512. The largest absolute Gasteiger partial charge is 0.325 e. The van der Waals surface area contributed by atoms with Crippen LogP contribution in [0.5, 0.6) is 0 Å². The van der Waals surface area contributed by atoms with Gasteiger partial charge >= 0.3 is 0 Å². The minimum Gasteiger partial charge on any atom is -0.325 e. The van der Waals surface area contributed by atoms with Gasteiger partial charge < -0.3 is 5.32 Å². The summed E-state index contributed by atoms with van der Waals surface area (Å²) in [4.78, 5) is 29.4. The van der Waals surface area contributed by atoms with Gasteiger partial charge in [0.2, 0.25) is 5.91 Å². The van der Waals surface area contributed by atoms with Crippen LogP contribution in [0.2, 0.25) is 5.02 Å². The Balaban J connectivity index is 1.88. The number of aliphatic imine (C=N–C) groups is 1. The zero-order valence-electron chi connectivity index (χ0n) is 16.9. The zero-order chi connectivity index (χ0) is 22.5. The summed E-state index contributed by atoms with van der Waals surface area (Å²) < 4.78 is 0.918. The molecule has 0 bridgehead atoms. The van der Waals surface area contributed by atoms with E-state index in [2.05, 4.69) is 32.3 Å². The van der Waals surface area contributed by atoms with Crippen LogP contribution in [0.25, 0.3) is 0 Å². The molecule has 1 N–H and O–H groups in total. The van der Waals surface area contributed by atoms with Gasteiger partial charge in [-0.2, -0.15) is 5.26 Å². The maximum absolute atomic E-state index is 12.4. The molecule has 0 saturated heterocycles. The predicted octanol–water partition coefficient (Wildman–Crippen LogP) is 5.97. The number of nitrogens with one attached hydrogen (secondary N) is 1. The second kappa shape index (κ2) is 10.3. The van der Waals surface area contributed by atoms with Gasteiger partial charge in [0.1, 0.15) is 10.8 Å². The lowest BCUT2D eigenvalue weighted by Crippen LogP contribution is -2.31. The maximum Gasteiger partial charge on any atom is 0.234 e. The van der Waals surface area contributed by atoms with Crippen molar-refractivity contribution >= 4 is 62.4 Å². The van der Waals surface area contributed by atoms with Crippen LogP contribution in [0, 0.1) is 17.2 Å². The van der Waals surface area contributed by atoms with Crippen molar-refractivity contribution < 1.29 is 9.59 Å². The molecule has 3 rings (SSSR count). The van der Waals surface area contributed by atoms with E-state index in [9.17, 15) is 14.9 Å². The zero-order valence-corrected chi connectivity index (χ0v) is 20.0. The number of ketones is 1. The average molecular weight is 517 g/mol. The van der Waals surface area contributed by atoms with Gasteiger partial charge in [-0.15, -0.1) is 0 Å². The molecule has 5 nitrogen and oxygen atoms in total. The molecule has 0 aliphatic carbocycles. The molecule has 1 heterocycles. The lowest BCUT2D eigenvalue weighted by molar-refractivity contribution is -0.119. The first-order chi connectivity index (χ1) is 14.8. The van der Waals surface area contributed by atoms with Crippen LogP contribution in [0.3, 0.4) is 0 Å². The molecule has 158 valence electrons. The lowest BCUT2D eigenvalue weighted by Gasteiger charge is -2.30. The molecule has 1 amide bonds. The molecule has 0 spiro atoms. The van der Waals surface area contributed by atoms with Crippen molar-refractivity contribution in [2.75, 3.05) is 11.1 Å². The second-order valence-electron chi connectivity index (χ2n) is 7.02. The van der Waals surface area contributed by atoms with E-state index in [1.54, 1.807) is 31.2 Å². The van der Waals surface area contributed by atoms with Crippen molar-refractivity contribution in [3.63, 3.8) is 0 Å². The average Bonchev–Trinajstić information content (AvgIpc) is 2.73. The van der Waals surface area contributed by atoms with Gasteiger partial charge in [0, 0.05) is 26.8 Å². The van der Waals surface area contributed by atoms with Crippen LogP contribution in [-0.2, 0) is 9.59 Å². The SMILES string of the molecule is CC(=O)C1C(C)=NC(SCC(=O)Nc2ccc(Br)cc2)=C(C#N)[C@@H]1c1ccccc1Cl. The molecule has 1 aliphatic rings. The van der Waals surface area contributed by atoms with Crippen molar-refractivity contribution in [3.05, 3.63) is 74.2 Å². The Kier molecular flexibility index (Phi) is 7.71. The lowest BCUT2D eigenvalue weighted by atomic mass is 9.75. The molecule has 0 saturated carbocycles. The molecular formula is C23H19BrClN3O2S. The Labute approximate surface area is 198 Å². The van der Waals surface area contributed by atoms with E-state index >= 15 is 0 Å². The van der Waals surface area contributed by atoms with E-state index in [1.165, 1.54) is 18.7 Å². The molecule has 8 heteroatoms. The Hall–Kier alpha value is -2.40. The third-order valence-corrected chi connectivity index (χ3v) is 6.73. The van der Waals surface area contributed by atoms with Crippen LogP contribution in [-0.4, -0.2) is 23.2 Å². The predicted molar refractivity (Wildman–Crippen MR) is 129 cm³/mol. The second-order valence-corrected chi connectivity index (χ2v) is 9.30. The highest BCUT2D eigenvalue weighted by molar-refractivity contribution is 9.10. The number of nitrogens with zero attached hydrogens (tertiary/aromatic N) is 2. The minimum atomic E-state index is -0.574. The fraction of sp³-hybridized carbons (Fsp3) is 0.217. The monoisotopic (exact) mass is 515 g/mol. The standard InChI is InChI=1S/C23H19BrClN3O2S/c1-13-21(14(2)29)22(17-5-3-4-6-19(17)25)18(11-26)23(27-13)31-12-20(30)28-16-9-7-15(24)8-10-16/h3-10,21-22H,12H2,1-2H3,(H,28,30)/t21?,22-/m0/s1. The van der Waals surface area contributed by atoms with E-state index in [1.807, 2.05) is 24.3 Å². The summed E-state index contributed by atoms with van der Waals surface area (Å²) in [5.74, 6) is -1.34. The van der Waals surface area contributed by atoms with Crippen LogP contribution in [0.1, 0.15) is 25.3 Å². The van der Waals surface area contributed by atoms with Gasteiger partial charge in [-0.05, 0) is 49.7 Å². The molecule has 0 fully saturated rings.